The number of nitrogens with zero attached hydrogens (tertiary/aromatic N) is 3. The lowest BCUT2D eigenvalue weighted by atomic mass is 10.2. The minimum Gasteiger partial charge on any atom is -0.383 e. The van der Waals surface area contributed by atoms with Gasteiger partial charge in [-0.05, 0) is 6.42 Å². The van der Waals surface area contributed by atoms with Crippen LogP contribution in [0.1, 0.15) is 30.1 Å². The van der Waals surface area contributed by atoms with E-state index in [1.165, 1.54) is 10.9 Å². The van der Waals surface area contributed by atoms with Gasteiger partial charge in [0.15, 0.2) is 0 Å². The van der Waals surface area contributed by atoms with Crippen LogP contribution in [0.15, 0.2) is 6.20 Å². The fraction of sp³-hybridized carbons (Fsp3) is 0.600. The first-order valence-corrected chi connectivity index (χ1v) is 5.10. The second kappa shape index (κ2) is 4.82. The average molecular weight is 210 g/mol. The van der Waals surface area contributed by atoms with Gasteiger partial charge in [-0.15, -0.1) is 0 Å². The Morgan fingerprint density at radius 2 is 2.33 bits per heavy atom. The molecule has 5 heteroatoms. The molecule has 0 saturated carbocycles. The smallest absolute Gasteiger partial charge is 0.258 e. The summed E-state index contributed by atoms with van der Waals surface area (Å²) in [6.45, 7) is 2.85. The van der Waals surface area contributed by atoms with Gasteiger partial charge in [0.1, 0.15) is 11.4 Å². The van der Waals surface area contributed by atoms with Gasteiger partial charge in [-0.25, -0.2) is 0 Å². The van der Waals surface area contributed by atoms with Gasteiger partial charge >= 0.3 is 0 Å². The Bertz CT molecular complexity index is 345. The number of rotatable bonds is 4. The van der Waals surface area contributed by atoms with Crippen LogP contribution in [0.3, 0.4) is 0 Å². The third-order valence-corrected chi connectivity index (χ3v) is 2.41. The number of carbonyl (C=O) groups excluding carboxylic acids is 1. The van der Waals surface area contributed by atoms with Crippen molar-refractivity contribution in [3.8, 4) is 0 Å². The first kappa shape index (κ1) is 11.6. The number of carbonyl (C=O) groups is 1. The molecule has 0 aliphatic carbocycles. The highest BCUT2D eigenvalue weighted by molar-refractivity contribution is 5.98. The van der Waals surface area contributed by atoms with Crippen molar-refractivity contribution in [3.05, 3.63) is 11.8 Å². The Labute approximate surface area is 89.9 Å². The van der Waals surface area contributed by atoms with Crippen molar-refractivity contribution >= 4 is 11.7 Å². The minimum atomic E-state index is -0.0611. The molecule has 0 fully saturated rings. The molecule has 0 atom stereocenters. The van der Waals surface area contributed by atoms with E-state index in [4.69, 9.17) is 5.73 Å². The molecular formula is C10H18N4O. The van der Waals surface area contributed by atoms with Crippen LogP contribution in [0.5, 0.6) is 0 Å². The predicted molar refractivity (Wildman–Crippen MR) is 59.5 cm³/mol. The zero-order valence-corrected chi connectivity index (χ0v) is 9.53. The summed E-state index contributed by atoms with van der Waals surface area (Å²) in [5.74, 6) is 0.359. The number of unbranched alkanes of at least 4 members (excludes halogenated alkanes) is 1. The Hall–Kier alpha value is -1.52. The summed E-state index contributed by atoms with van der Waals surface area (Å²) in [5.41, 5.74) is 6.21. The number of aryl methyl sites for hydroxylation is 1. The van der Waals surface area contributed by atoms with Crippen LogP contribution in [0.4, 0.5) is 5.82 Å². The molecule has 1 heterocycles. The van der Waals surface area contributed by atoms with Crippen LogP contribution in [0.2, 0.25) is 0 Å². The third kappa shape index (κ3) is 2.49. The van der Waals surface area contributed by atoms with Gasteiger partial charge in [0, 0.05) is 20.6 Å². The number of nitrogens with two attached hydrogens (primary N) is 1. The van der Waals surface area contributed by atoms with E-state index in [0.717, 1.165) is 19.4 Å². The van der Waals surface area contributed by atoms with Gasteiger partial charge in [0.05, 0.1) is 6.20 Å². The largest absolute Gasteiger partial charge is 0.383 e. The van der Waals surface area contributed by atoms with Crippen LogP contribution in [0, 0.1) is 0 Å². The zero-order chi connectivity index (χ0) is 11.4. The topological polar surface area (TPSA) is 64.2 Å². The van der Waals surface area contributed by atoms with E-state index in [1.54, 1.807) is 19.0 Å². The summed E-state index contributed by atoms with van der Waals surface area (Å²) in [4.78, 5) is 13.6. The van der Waals surface area contributed by atoms with E-state index in [2.05, 4.69) is 12.0 Å². The fourth-order valence-corrected chi connectivity index (χ4v) is 1.31. The quantitative estimate of drug-likeness (QED) is 0.802. The number of hydrogen-bond donors (Lipinski definition) is 1. The molecule has 5 nitrogen and oxygen atoms in total. The normalized spacial score (nSPS) is 10.3. The molecule has 0 aliphatic heterocycles. The second-order valence-electron chi connectivity index (χ2n) is 3.65. The van der Waals surface area contributed by atoms with E-state index in [-0.39, 0.29) is 5.91 Å². The van der Waals surface area contributed by atoms with Crippen molar-refractivity contribution in [1.29, 1.82) is 0 Å². The minimum absolute atomic E-state index is 0.0611. The van der Waals surface area contributed by atoms with Gasteiger partial charge < -0.3 is 10.6 Å². The Balaban J connectivity index is 2.72. The highest BCUT2D eigenvalue weighted by Crippen LogP contribution is 2.11. The van der Waals surface area contributed by atoms with Crippen LogP contribution in [-0.2, 0) is 7.05 Å². The molecule has 1 rings (SSSR count). The molecule has 1 aromatic rings. The molecular weight excluding hydrogens is 192 g/mol. The summed E-state index contributed by atoms with van der Waals surface area (Å²) < 4.78 is 1.50. The maximum atomic E-state index is 11.9. The lowest BCUT2D eigenvalue weighted by molar-refractivity contribution is 0.0794. The van der Waals surface area contributed by atoms with Crippen molar-refractivity contribution in [3.63, 3.8) is 0 Å². The predicted octanol–water partition coefficient (Wildman–Crippen LogP) is 0.874. The molecule has 0 aliphatic rings. The highest BCUT2D eigenvalue weighted by atomic mass is 16.2. The summed E-state index contributed by atoms with van der Waals surface area (Å²) in [5, 5.41) is 3.94. The van der Waals surface area contributed by atoms with Gasteiger partial charge in [-0.2, -0.15) is 5.10 Å². The SMILES string of the molecule is CCCCN(C)C(=O)c1cnn(C)c1N. The van der Waals surface area contributed by atoms with E-state index < -0.39 is 0 Å². The van der Waals surface area contributed by atoms with Crippen molar-refractivity contribution < 1.29 is 4.79 Å². The first-order valence-electron chi connectivity index (χ1n) is 5.10. The molecule has 0 saturated heterocycles. The van der Waals surface area contributed by atoms with Crippen LogP contribution < -0.4 is 5.73 Å². The van der Waals surface area contributed by atoms with E-state index >= 15 is 0 Å². The molecule has 15 heavy (non-hydrogen) atoms. The fourth-order valence-electron chi connectivity index (χ4n) is 1.31. The van der Waals surface area contributed by atoms with Crippen LogP contribution >= 0.6 is 0 Å². The average Bonchev–Trinajstić information content (AvgIpc) is 2.55. The summed E-state index contributed by atoms with van der Waals surface area (Å²) >= 11 is 0. The second-order valence-corrected chi connectivity index (χ2v) is 3.65. The summed E-state index contributed by atoms with van der Waals surface area (Å²) in [6, 6.07) is 0. The van der Waals surface area contributed by atoms with Gasteiger partial charge in [0.2, 0.25) is 0 Å². The number of anilines is 1. The standard InChI is InChI=1S/C10H18N4O/c1-4-5-6-13(2)10(15)8-7-12-14(3)9(8)11/h7H,4-6,11H2,1-3H3. The maximum absolute atomic E-state index is 11.9. The lowest BCUT2D eigenvalue weighted by Gasteiger charge is -2.15. The van der Waals surface area contributed by atoms with Crippen molar-refractivity contribution in [2.75, 3.05) is 19.3 Å². The lowest BCUT2D eigenvalue weighted by Crippen LogP contribution is -2.28. The number of amides is 1. The Kier molecular flexibility index (Phi) is 3.71. The molecule has 0 aromatic carbocycles. The molecule has 0 radical (unpaired) electrons. The molecule has 0 bridgehead atoms. The maximum Gasteiger partial charge on any atom is 0.258 e. The van der Waals surface area contributed by atoms with Gasteiger partial charge in [-0.3, -0.25) is 9.48 Å². The monoisotopic (exact) mass is 210 g/mol. The highest BCUT2D eigenvalue weighted by Gasteiger charge is 2.16. The molecule has 2 N–H and O–H groups in total. The summed E-state index contributed by atoms with van der Waals surface area (Å²) in [7, 11) is 3.50. The molecule has 1 amide bonds. The Morgan fingerprint density at radius 3 is 2.80 bits per heavy atom. The number of aromatic nitrogens is 2. The molecule has 1 aromatic heterocycles. The van der Waals surface area contributed by atoms with E-state index in [0.29, 0.717) is 11.4 Å². The number of nitrogen functional groups attached to an aromatic ring is 1. The van der Waals surface area contributed by atoms with E-state index in [9.17, 15) is 4.79 Å². The molecule has 0 unspecified atom stereocenters. The van der Waals surface area contributed by atoms with Crippen molar-refractivity contribution in [2.24, 2.45) is 7.05 Å². The van der Waals surface area contributed by atoms with Gasteiger partial charge in [-0.1, -0.05) is 13.3 Å². The molecule has 0 spiro atoms. The van der Waals surface area contributed by atoms with Crippen molar-refractivity contribution in [1.82, 2.24) is 14.7 Å². The number of hydrogen-bond acceptors (Lipinski definition) is 3. The van der Waals surface area contributed by atoms with Crippen molar-refractivity contribution in [2.45, 2.75) is 19.8 Å². The third-order valence-electron chi connectivity index (χ3n) is 2.41. The van der Waals surface area contributed by atoms with E-state index in [1.807, 2.05) is 0 Å². The molecule has 84 valence electrons. The zero-order valence-electron chi connectivity index (χ0n) is 9.53. The van der Waals surface area contributed by atoms with Gasteiger partial charge in [0.25, 0.3) is 5.91 Å². The summed E-state index contributed by atoms with van der Waals surface area (Å²) in [6.07, 6.45) is 3.59. The van der Waals surface area contributed by atoms with Crippen LogP contribution in [0.25, 0.3) is 0 Å². The first-order chi connectivity index (χ1) is 7.07. The Morgan fingerprint density at radius 1 is 1.67 bits per heavy atom. The van der Waals surface area contributed by atoms with Crippen LogP contribution in [-0.4, -0.2) is 34.2 Å².